The fourth-order valence-electron chi connectivity index (χ4n) is 2.55. The molecule has 4 heteroatoms. The molecule has 0 atom stereocenters. The zero-order valence-corrected chi connectivity index (χ0v) is 12.5. The first-order chi connectivity index (χ1) is 8.97. The van der Waals surface area contributed by atoms with E-state index in [1.54, 1.807) is 0 Å². The Balaban J connectivity index is 2.18. The number of hydrogen-bond acceptors (Lipinski definition) is 4. The number of piperidine rings is 1. The van der Waals surface area contributed by atoms with E-state index in [-0.39, 0.29) is 5.54 Å². The average molecular weight is 262 g/mol. The van der Waals surface area contributed by atoms with Crippen LogP contribution in [0.4, 0.5) is 11.5 Å². The summed E-state index contributed by atoms with van der Waals surface area (Å²) in [6, 6.07) is 4.69. The number of aromatic nitrogens is 1. The normalized spacial score (nSPS) is 17.3. The molecule has 2 rings (SSSR count). The molecule has 4 nitrogen and oxygen atoms in total. The van der Waals surface area contributed by atoms with Gasteiger partial charge in [-0.05, 0) is 58.8 Å². The lowest BCUT2D eigenvalue weighted by Crippen LogP contribution is -2.42. The Bertz CT molecular complexity index is 405. The van der Waals surface area contributed by atoms with Gasteiger partial charge in [0.1, 0.15) is 0 Å². The van der Waals surface area contributed by atoms with Crippen LogP contribution in [0, 0.1) is 0 Å². The summed E-state index contributed by atoms with van der Waals surface area (Å²) in [5.74, 6) is 1.06. The van der Waals surface area contributed by atoms with Crippen LogP contribution in [0.2, 0.25) is 0 Å². The second-order valence-electron chi connectivity index (χ2n) is 6.34. The molecule has 1 aromatic heterocycles. The molecular weight excluding hydrogens is 236 g/mol. The molecule has 106 valence electrons. The molecule has 0 aromatic carbocycles. The summed E-state index contributed by atoms with van der Waals surface area (Å²) in [5.41, 5.74) is 1.17. The Morgan fingerprint density at radius 3 is 2.63 bits per heavy atom. The Hall–Kier alpha value is -1.29. The van der Waals surface area contributed by atoms with Gasteiger partial charge in [-0.25, -0.2) is 4.98 Å². The lowest BCUT2D eigenvalue weighted by atomic mass is 10.0. The van der Waals surface area contributed by atoms with E-state index in [0.717, 1.165) is 24.6 Å². The van der Waals surface area contributed by atoms with Crippen molar-refractivity contribution in [2.45, 2.75) is 45.2 Å². The van der Waals surface area contributed by atoms with Gasteiger partial charge in [-0.3, -0.25) is 0 Å². The van der Waals surface area contributed by atoms with Crippen LogP contribution in [0.3, 0.4) is 0 Å². The second-order valence-corrected chi connectivity index (χ2v) is 6.34. The summed E-state index contributed by atoms with van der Waals surface area (Å²) in [5, 5.41) is 6.96. The number of anilines is 2. The first kappa shape index (κ1) is 14.1. The van der Waals surface area contributed by atoms with Crippen LogP contribution >= 0.6 is 0 Å². The van der Waals surface area contributed by atoms with E-state index in [2.05, 4.69) is 54.4 Å². The number of nitrogens with zero attached hydrogens (tertiary/aromatic N) is 2. The molecule has 0 unspecified atom stereocenters. The van der Waals surface area contributed by atoms with E-state index in [4.69, 9.17) is 0 Å². The highest BCUT2D eigenvalue weighted by Crippen LogP contribution is 2.27. The minimum Gasteiger partial charge on any atom is -0.377 e. The zero-order chi connectivity index (χ0) is 13.9. The third-order valence-corrected chi connectivity index (χ3v) is 3.49. The Morgan fingerprint density at radius 1 is 1.32 bits per heavy atom. The van der Waals surface area contributed by atoms with Crippen molar-refractivity contribution in [3.63, 3.8) is 0 Å². The van der Waals surface area contributed by atoms with Crippen LogP contribution in [0.5, 0.6) is 0 Å². The summed E-state index contributed by atoms with van der Waals surface area (Å²) in [6.45, 7) is 8.73. The molecule has 2 heterocycles. The van der Waals surface area contributed by atoms with E-state index >= 15 is 0 Å². The first-order valence-electron chi connectivity index (χ1n) is 7.14. The summed E-state index contributed by atoms with van der Waals surface area (Å²) in [7, 11) is 2.16. The number of hydrogen-bond donors (Lipinski definition) is 2. The SMILES string of the molecule is CN(c1ncccc1NC(C)(C)C)C1CCNCC1. The lowest BCUT2D eigenvalue weighted by Gasteiger charge is -2.34. The zero-order valence-electron chi connectivity index (χ0n) is 12.5. The summed E-state index contributed by atoms with van der Waals surface area (Å²) in [6.07, 6.45) is 4.24. The molecule has 0 aliphatic carbocycles. The van der Waals surface area contributed by atoms with Gasteiger partial charge < -0.3 is 15.5 Å². The average Bonchev–Trinajstić information content (AvgIpc) is 2.38. The van der Waals surface area contributed by atoms with Crippen molar-refractivity contribution in [2.24, 2.45) is 0 Å². The van der Waals surface area contributed by atoms with Crippen molar-refractivity contribution in [3.8, 4) is 0 Å². The maximum atomic E-state index is 4.58. The molecule has 0 saturated carbocycles. The highest BCUT2D eigenvalue weighted by molar-refractivity contribution is 5.66. The highest BCUT2D eigenvalue weighted by Gasteiger charge is 2.22. The molecule has 0 bridgehead atoms. The van der Waals surface area contributed by atoms with Gasteiger partial charge in [0.25, 0.3) is 0 Å². The minimum atomic E-state index is 0.0484. The highest BCUT2D eigenvalue weighted by atomic mass is 15.2. The van der Waals surface area contributed by atoms with Gasteiger partial charge in [0.15, 0.2) is 5.82 Å². The van der Waals surface area contributed by atoms with E-state index in [1.165, 1.54) is 12.8 Å². The number of nitrogens with one attached hydrogen (secondary N) is 2. The predicted octanol–water partition coefficient (Wildman–Crippen LogP) is 2.48. The molecular formula is C15H26N4. The maximum Gasteiger partial charge on any atom is 0.151 e. The molecule has 1 aliphatic heterocycles. The van der Waals surface area contributed by atoms with E-state index in [0.29, 0.717) is 6.04 Å². The van der Waals surface area contributed by atoms with Gasteiger partial charge in [-0.15, -0.1) is 0 Å². The van der Waals surface area contributed by atoms with Crippen molar-refractivity contribution in [1.82, 2.24) is 10.3 Å². The second kappa shape index (κ2) is 5.78. The summed E-state index contributed by atoms with van der Waals surface area (Å²) < 4.78 is 0. The Morgan fingerprint density at radius 2 is 2.00 bits per heavy atom. The summed E-state index contributed by atoms with van der Waals surface area (Å²) in [4.78, 5) is 6.91. The predicted molar refractivity (Wildman–Crippen MR) is 81.9 cm³/mol. The van der Waals surface area contributed by atoms with E-state index in [1.807, 2.05) is 12.3 Å². The Labute approximate surface area is 116 Å². The topological polar surface area (TPSA) is 40.2 Å². The standard InChI is InChI=1S/C15H26N4/c1-15(2,3)18-13-6-5-9-17-14(13)19(4)12-7-10-16-11-8-12/h5-6,9,12,16,18H,7-8,10-11H2,1-4H3. The van der Waals surface area contributed by atoms with Gasteiger partial charge in [0.2, 0.25) is 0 Å². The van der Waals surface area contributed by atoms with Crippen LogP contribution in [-0.2, 0) is 0 Å². The van der Waals surface area contributed by atoms with Gasteiger partial charge in [-0.1, -0.05) is 0 Å². The van der Waals surface area contributed by atoms with Crippen LogP contribution in [0.1, 0.15) is 33.6 Å². The maximum absolute atomic E-state index is 4.58. The van der Waals surface area contributed by atoms with Crippen LogP contribution < -0.4 is 15.5 Å². The van der Waals surface area contributed by atoms with Gasteiger partial charge in [0.05, 0.1) is 5.69 Å². The fraction of sp³-hybridized carbons (Fsp3) is 0.667. The third-order valence-electron chi connectivity index (χ3n) is 3.49. The monoisotopic (exact) mass is 262 g/mol. The summed E-state index contributed by atoms with van der Waals surface area (Å²) >= 11 is 0. The molecule has 0 spiro atoms. The number of pyridine rings is 1. The molecule has 0 amide bonds. The van der Waals surface area contributed by atoms with Crippen LogP contribution in [0.25, 0.3) is 0 Å². The molecule has 2 N–H and O–H groups in total. The van der Waals surface area contributed by atoms with Crippen LogP contribution in [-0.4, -0.2) is 36.7 Å². The van der Waals surface area contributed by atoms with Crippen molar-refractivity contribution in [1.29, 1.82) is 0 Å². The molecule has 1 aromatic rings. The molecule has 1 aliphatic rings. The molecule has 1 fully saturated rings. The van der Waals surface area contributed by atoms with Crippen molar-refractivity contribution >= 4 is 11.5 Å². The first-order valence-corrected chi connectivity index (χ1v) is 7.14. The van der Waals surface area contributed by atoms with Gasteiger partial charge in [0, 0.05) is 24.8 Å². The Kier molecular flexibility index (Phi) is 4.30. The number of rotatable bonds is 3. The largest absolute Gasteiger partial charge is 0.377 e. The molecule has 19 heavy (non-hydrogen) atoms. The smallest absolute Gasteiger partial charge is 0.151 e. The minimum absolute atomic E-state index is 0.0484. The van der Waals surface area contributed by atoms with Crippen molar-refractivity contribution in [2.75, 3.05) is 30.4 Å². The van der Waals surface area contributed by atoms with Crippen molar-refractivity contribution < 1.29 is 0 Å². The quantitative estimate of drug-likeness (QED) is 0.878. The van der Waals surface area contributed by atoms with Gasteiger partial charge in [-0.2, -0.15) is 0 Å². The lowest BCUT2D eigenvalue weighted by molar-refractivity contribution is 0.441. The van der Waals surface area contributed by atoms with Crippen LogP contribution in [0.15, 0.2) is 18.3 Å². The molecule has 0 radical (unpaired) electrons. The fourth-order valence-corrected chi connectivity index (χ4v) is 2.55. The van der Waals surface area contributed by atoms with E-state index in [9.17, 15) is 0 Å². The van der Waals surface area contributed by atoms with Gasteiger partial charge >= 0.3 is 0 Å². The van der Waals surface area contributed by atoms with Crippen molar-refractivity contribution in [3.05, 3.63) is 18.3 Å². The molecule has 1 saturated heterocycles. The van der Waals surface area contributed by atoms with E-state index < -0.39 is 0 Å². The third kappa shape index (κ3) is 3.83.